The highest BCUT2D eigenvalue weighted by Gasteiger charge is 2.32. The van der Waals surface area contributed by atoms with Crippen LogP contribution in [0.1, 0.15) is 39.2 Å². The molecule has 0 bridgehead atoms. The van der Waals surface area contributed by atoms with Crippen LogP contribution in [-0.4, -0.2) is 52.0 Å². The number of rotatable bonds is 8. The number of piperidine rings is 1. The van der Waals surface area contributed by atoms with E-state index in [4.69, 9.17) is 9.47 Å². The minimum atomic E-state index is -3.56. The van der Waals surface area contributed by atoms with Crippen molar-refractivity contribution in [2.75, 3.05) is 33.4 Å². The van der Waals surface area contributed by atoms with Crippen molar-refractivity contribution in [2.24, 2.45) is 5.92 Å². The molecule has 0 aromatic heterocycles. The van der Waals surface area contributed by atoms with Crippen LogP contribution in [0.3, 0.4) is 0 Å². The number of hydrogen-bond donors (Lipinski definition) is 1. The Balaban J connectivity index is 1.46. The zero-order valence-corrected chi connectivity index (χ0v) is 20.7. The fourth-order valence-electron chi connectivity index (χ4n) is 3.81. The van der Waals surface area contributed by atoms with Crippen molar-refractivity contribution >= 4 is 15.9 Å². The normalized spacial score (nSPS) is 15.8. The number of nitrogens with zero attached hydrogens (tertiary/aromatic N) is 1. The summed E-state index contributed by atoms with van der Waals surface area (Å²) >= 11 is 0. The van der Waals surface area contributed by atoms with Crippen molar-refractivity contribution in [3.8, 4) is 11.5 Å². The average molecular weight is 475 g/mol. The van der Waals surface area contributed by atoms with Gasteiger partial charge in [-0.3, -0.25) is 4.79 Å². The largest absolute Gasteiger partial charge is 0.497 e. The zero-order valence-electron chi connectivity index (χ0n) is 19.8. The number of amides is 1. The monoisotopic (exact) mass is 474 g/mol. The molecular formula is C25H34N2O5S. The average Bonchev–Trinajstić information content (AvgIpc) is 2.81. The summed E-state index contributed by atoms with van der Waals surface area (Å²) in [6, 6.07) is 14.4. The van der Waals surface area contributed by atoms with Crippen LogP contribution >= 0.6 is 0 Å². The lowest BCUT2D eigenvalue weighted by Gasteiger charge is -2.30. The lowest BCUT2D eigenvalue weighted by atomic mass is 9.87. The first-order valence-corrected chi connectivity index (χ1v) is 12.7. The van der Waals surface area contributed by atoms with E-state index in [1.807, 2.05) is 30.3 Å². The Kier molecular flexibility index (Phi) is 8.02. The molecule has 1 saturated heterocycles. The van der Waals surface area contributed by atoms with Gasteiger partial charge in [0, 0.05) is 25.1 Å². The Hall–Kier alpha value is -2.58. The highest BCUT2D eigenvalue weighted by Crippen LogP contribution is 2.27. The van der Waals surface area contributed by atoms with Crippen molar-refractivity contribution in [3.05, 3.63) is 54.1 Å². The van der Waals surface area contributed by atoms with Gasteiger partial charge in [0.2, 0.25) is 15.9 Å². The topological polar surface area (TPSA) is 84.9 Å². The Morgan fingerprint density at radius 3 is 2.30 bits per heavy atom. The van der Waals surface area contributed by atoms with Gasteiger partial charge in [-0.2, -0.15) is 4.31 Å². The third kappa shape index (κ3) is 6.48. The van der Waals surface area contributed by atoms with Gasteiger partial charge in [-0.25, -0.2) is 8.42 Å². The molecule has 1 fully saturated rings. The van der Waals surface area contributed by atoms with Crippen LogP contribution in [0.2, 0.25) is 0 Å². The van der Waals surface area contributed by atoms with E-state index in [-0.39, 0.29) is 17.2 Å². The van der Waals surface area contributed by atoms with Gasteiger partial charge in [0.05, 0.1) is 18.6 Å². The van der Waals surface area contributed by atoms with Gasteiger partial charge in [-0.15, -0.1) is 0 Å². The third-order valence-electron chi connectivity index (χ3n) is 5.89. The second kappa shape index (κ2) is 10.6. The Morgan fingerprint density at radius 1 is 1.06 bits per heavy atom. The van der Waals surface area contributed by atoms with E-state index in [0.29, 0.717) is 55.5 Å². The molecule has 0 saturated carbocycles. The molecule has 0 radical (unpaired) electrons. The van der Waals surface area contributed by atoms with E-state index in [0.717, 1.165) is 5.56 Å². The summed E-state index contributed by atoms with van der Waals surface area (Å²) in [4.78, 5) is 12.8. The molecule has 1 N–H and O–H groups in total. The molecule has 1 aliphatic heterocycles. The maximum atomic E-state index is 13.0. The lowest BCUT2D eigenvalue weighted by molar-refractivity contribution is -0.126. The lowest BCUT2D eigenvalue weighted by Crippen LogP contribution is -2.43. The SMILES string of the molecule is COc1cccc(OCCNC(=O)C2CCN(S(=O)(=O)c3ccc(C(C)(C)C)cc3)CC2)c1. The molecular weight excluding hydrogens is 440 g/mol. The molecule has 1 heterocycles. The second-order valence-electron chi connectivity index (χ2n) is 9.27. The van der Waals surface area contributed by atoms with Gasteiger partial charge in [-0.05, 0) is 48.1 Å². The summed E-state index contributed by atoms with van der Waals surface area (Å²) in [7, 11) is -1.96. The van der Waals surface area contributed by atoms with Crippen LogP contribution in [0.15, 0.2) is 53.4 Å². The number of benzene rings is 2. The molecule has 0 unspecified atom stereocenters. The van der Waals surface area contributed by atoms with Crippen molar-refractivity contribution in [2.45, 2.75) is 43.9 Å². The molecule has 2 aromatic rings. The quantitative estimate of drug-likeness (QED) is 0.591. The first kappa shape index (κ1) is 25.1. The molecule has 0 spiro atoms. The number of hydrogen-bond acceptors (Lipinski definition) is 5. The molecule has 8 heteroatoms. The molecule has 1 aliphatic rings. The number of methoxy groups -OCH3 is 1. The number of carbonyl (C=O) groups excluding carboxylic acids is 1. The predicted molar refractivity (Wildman–Crippen MR) is 128 cm³/mol. The number of ether oxygens (including phenoxy) is 2. The first-order chi connectivity index (χ1) is 15.6. The van der Waals surface area contributed by atoms with Crippen LogP contribution in [-0.2, 0) is 20.2 Å². The van der Waals surface area contributed by atoms with Gasteiger partial charge in [0.15, 0.2) is 0 Å². The highest BCUT2D eigenvalue weighted by atomic mass is 32.2. The Bertz CT molecular complexity index is 1040. The summed E-state index contributed by atoms with van der Waals surface area (Å²) in [5.41, 5.74) is 1.06. The Labute approximate surface area is 197 Å². The van der Waals surface area contributed by atoms with Crippen molar-refractivity contribution < 1.29 is 22.7 Å². The first-order valence-electron chi connectivity index (χ1n) is 11.3. The van der Waals surface area contributed by atoms with Gasteiger partial charge in [0.1, 0.15) is 18.1 Å². The number of sulfonamides is 1. The van der Waals surface area contributed by atoms with E-state index < -0.39 is 10.0 Å². The molecule has 0 atom stereocenters. The summed E-state index contributed by atoms with van der Waals surface area (Å²) in [6.07, 6.45) is 1.00. The molecule has 180 valence electrons. The van der Waals surface area contributed by atoms with Crippen molar-refractivity contribution in [1.29, 1.82) is 0 Å². The van der Waals surface area contributed by atoms with Crippen molar-refractivity contribution in [3.63, 3.8) is 0 Å². The van der Waals surface area contributed by atoms with Crippen LogP contribution in [0.5, 0.6) is 11.5 Å². The molecule has 2 aromatic carbocycles. The maximum Gasteiger partial charge on any atom is 0.243 e. The number of carbonyl (C=O) groups is 1. The molecule has 7 nitrogen and oxygen atoms in total. The van der Waals surface area contributed by atoms with Gasteiger partial charge in [0.25, 0.3) is 0 Å². The van der Waals surface area contributed by atoms with Crippen molar-refractivity contribution in [1.82, 2.24) is 9.62 Å². The van der Waals surface area contributed by atoms with Gasteiger partial charge < -0.3 is 14.8 Å². The molecule has 3 rings (SSSR count). The van der Waals surface area contributed by atoms with Gasteiger partial charge in [-0.1, -0.05) is 39.0 Å². The zero-order chi connectivity index (χ0) is 24.1. The van der Waals surface area contributed by atoms with Crippen LogP contribution in [0.4, 0.5) is 0 Å². The predicted octanol–water partition coefficient (Wildman–Crippen LogP) is 3.59. The third-order valence-corrected chi connectivity index (χ3v) is 7.81. The van der Waals surface area contributed by atoms with E-state index in [9.17, 15) is 13.2 Å². The fraction of sp³-hybridized carbons (Fsp3) is 0.480. The summed E-state index contributed by atoms with van der Waals surface area (Å²) < 4.78 is 38.3. The molecule has 0 aliphatic carbocycles. The fourth-order valence-corrected chi connectivity index (χ4v) is 5.28. The Morgan fingerprint density at radius 2 is 1.70 bits per heavy atom. The molecule has 33 heavy (non-hydrogen) atoms. The summed E-state index contributed by atoms with van der Waals surface area (Å²) in [5.74, 6) is 1.13. The van der Waals surface area contributed by atoms with Crippen LogP contribution < -0.4 is 14.8 Å². The summed E-state index contributed by atoms with van der Waals surface area (Å²) in [5, 5.41) is 2.89. The van der Waals surface area contributed by atoms with Crippen LogP contribution in [0.25, 0.3) is 0 Å². The van der Waals surface area contributed by atoms with Gasteiger partial charge >= 0.3 is 0 Å². The maximum absolute atomic E-state index is 13.0. The van der Waals surface area contributed by atoms with E-state index in [1.165, 1.54) is 4.31 Å². The summed E-state index contributed by atoms with van der Waals surface area (Å²) in [6.45, 7) is 7.68. The standard InChI is InChI=1S/C25H34N2O5S/c1-25(2,3)20-8-10-23(11-9-20)33(29,30)27-15-12-19(13-16-27)24(28)26-14-17-32-22-7-5-6-21(18-22)31-4/h5-11,18-19H,12-17H2,1-4H3,(H,26,28). The number of nitrogens with one attached hydrogen (secondary N) is 1. The minimum Gasteiger partial charge on any atom is -0.497 e. The van der Waals surface area contributed by atoms with E-state index in [2.05, 4.69) is 26.1 Å². The van der Waals surface area contributed by atoms with E-state index in [1.54, 1.807) is 25.3 Å². The second-order valence-corrected chi connectivity index (χ2v) is 11.2. The highest BCUT2D eigenvalue weighted by molar-refractivity contribution is 7.89. The van der Waals surface area contributed by atoms with Crippen LogP contribution in [0, 0.1) is 5.92 Å². The van der Waals surface area contributed by atoms with E-state index >= 15 is 0 Å². The smallest absolute Gasteiger partial charge is 0.243 e. The molecule has 1 amide bonds. The minimum absolute atomic E-state index is 0.0347.